The molecule has 0 aliphatic carbocycles. The second-order valence-corrected chi connectivity index (χ2v) is 3.33. The van der Waals surface area contributed by atoms with Crippen molar-refractivity contribution in [2.45, 2.75) is 24.4 Å². The van der Waals surface area contributed by atoms with E-state index in [1.165, 1.54) is 0 Å². The molecule has 2 aliphatic heterocycles. The van der Waals surface area contributed by atoms with Gasteiger partial charge in [-0.2, -0.15) is 0 Å². The summed E-state index contributed by atoms with van der Waals surface area (Å²) in [5.74, 6) is 0. The van der Waals surface area contributed by atoms with Crippen LogP contribution in [0.2, 0.25) is 0 Å². The van der Waals surface area contributed by atoms with Crippen LogP contribution in [-0.2, 0) is 19.1 Å². The van der Waals surface area contributed by atoms with E-state index in [-0.39, 0.29) is 13.2 Å². The number of fused-ring (bicyclic) bond motifs is 1. The molecule has 16 heavy (non-hydrogen) atoms. The molecule has 0 unspecified atom stereocenters. The van der Waals surface area contributed by atoms with Gasteiger partial charge in [0.1, 0.15) is 12.2 Å². The molecule has 0 amide bonds. The van der Waals surface area contributed by atoms with Gasteiger partial charge in [-0.25, -0.2) is 0 Å². The maximum absolute atomic E-state index is 10.1. The van der Waals surface area contributed by atoms with Crippen LogP contribution in [0, 0.1) is 20.2 Å². The summed E-state index contributed by atoms with van der Waals surface area (Å²) in [6, 6.07) is 0. The monoisotopic (exact) mass is 236 g/mol. The third-order valence-corrected chi connectivity index (χ3v) is 2.41. The van der Waals surface area contributed by atoms with Gasteiger partial charge in [0.15, 0.2) is 12.2 Å². The Labute approximate surface area is 88.2 Å². The van der Waals surface area contributed by atoms with Gasteiger partial charge in [0.25, 0.3) is 10.2 Å². The van der Waals surface area contributed by atoms with E-state index in [1.54, 1.807) is 0 Å². The molecule has 4 atom stereocenters. The highest BCUT2D eigenvalue weighted by atomic mass is 17.0. The van der Waals surface area contributed by atoms with E-state index in [1.807, 2.05) is 0 Å². The lowest BCUT2D eigenvalue weighted by atomic mass is 10.1. The Balaban J connectivity index is 1.95. The highest BCUT2D eigenvalue weighted by molar-refractivity contribution is 4.94. The standard InChI is InChI=1S/C6H8N2O8/c9-7(10)15-3-1-13-6-4(16-8(11)12)2-14-5(3)6/h3-6H,1-2H2/t3-,4-,5+,6+/m0/s1. The zero-order valence-corrected chi connectivity index (χ0v) is 7.88. The minimum atomic E-state index is -0.943. The van der Waals surface area contributed by atoms with Crippen molar-refractivity contribution in [2.75, 3.05) is 13.2 Å². The molecule has 90 valence electrons. The van der Waals surface area contributed by atoms with E-state index in [2.05, 4.69) is 9.68 Å². The second kappa shape index (κ2) is 4.06. The van der Waals surface area contributed by atoms with Crippen molar-refractivity contribution in [3.63, 3.8) is 0 Å². The predicted octanol–water partition coefficient (Wildman–Crippen LogP) is -1.06. The van der Waals surface area contributed by atoms with Crippen LogP contribution in [0.3, 0.4) is 0 Å². The fourth-order valence-electron chi connectivity index (χ4n) is 1.83. The van der Waals surface area contributed by atoms with Gasteiger partial charge in [0.05, 0.1) is 13.2 Å². The summed E-state index contributed by atoms with van der Waals surface area (Å²) >= 11 is 0. The largest absolute Gasteiger partial charge is 0.371 e. The van der Waals surface area contributed by atoms with Crippen molar-refractivity contribution >= 4 is 0 Å². The van der Waals surface area contributed by atoms with Gasteiger partial charge in [-0.15, -0.1) is 20.2 Å². The van der Waals surface area contributed by atoms with Crippen LogP contribution in [-0.4, -0.2) is 47.8 Å². The lowest BCUT2D eigenvalue weighted by Crippen LogP contribution is -2.35. The van der Waals surface area contributed by atoms with Crippen LogP contribution < -0.4 is 0 Å². The maximum Gasteiger partial charge on any atom is 0.294 e. The third-order valence-electron chi connectivity index (χ3n) is 2.41. The first-order valence-electron chi connectivity index (χ1n) is 4.43. The molecule has 0 N–H and O–H groups in total. The average Bonchev–Trinajstić information content (AvgIpc) is 2.70. The van der Waals surface area contributed by atoms with E-state index in [4.69, 9.17) is 9.47 Å². The fourth-order valence-corrected chi connectivity index (χ4v) is 1.83. The van der Waals surface area contributed by atoms with Crippen LogP contribution in [0.15, 0.2) is 0 Å². The van der Waals surface area contributed by atoms with Crippen LogP contribution in [0.25, 0.3) is 0 Å². The normalized spacial score (nSPS) is 36.8. The minimum Gasteiger partial charge on any atom is -0.371 e. The van der Waals surface area contributed by atoms with Gasteiger partial charge in [0.2, 0.25) is 0 Å². The molecule has 0 aromatic heterocycles. The first-order valence-corrected chi connectivity index (χ1v) is 4.43. The summed E-state index contributed by atoms with van der Waals surface area (Å²) in [5, 5.41) is 18.4. The molecule has 0 aromatic rings. The van der Waals surface area contributed by atoms with Crippen molar-refractivity contribution in [1.29, 1.82) is 0 Å². The van der Waals surface area contributed by atoms with Crippen LogP contribution in [0.5, 0.6) is 0 Å². The first-order chi connectivity index (χ1) is 7.58. The molecule has 2 saturated heterocycles. The molecule has 2 rings (SSSR count). The van der Waals surface area contributed by atoms with E-state index in [9.17, 15) is 20.2 Å². The Kier molecular flexibility index (Phi) is 2.75. The van der Waals surface area contributed by atoms with Gasteiger partial charge < -0.3 is 19.1 Å². The van der Waals surface area contributed by atoms with Gasteiger partial charge in [-0.3, -0.25) is 0 Å². The smallest absolute Gasteiger partial charge is 0.294 e. The van der Waals surface area contributed by atoms with E-state index in [0.29, 0.717) is 0 Å². The molecule has 0 aromatic carbocycles. The van der Waals surface area contributed by atoms with Gasteiger partial charge in [-0.05, 0) is 0 Å². The molecule has 0 saturated carbocycles. The molecule has 0 spiro atoms. The molecule has 10 heteroatoms. The molecule has 0 radical (unpaired) electrons. The summed E-state index contributed by atoms with van der Waals surface area (Å²) in [6.45, 7) is -0.0955. The SMILES string of the molecule is O=[N+]([O-])O[C@H]1CO[C@H]2[C@@H]1OC[C@@H]2O[N+](=O)[O-]. The first kappa shape index (κ1) is 10.8. The van der Waals surface area contributed by atoms with Crippen LogP contribution in [0.4, 0.5) is 0 Å². The van der Waals surface area contributed by atoms with Gasteiger partial charge in [-0.1, -0.05) is 0 Å². The molecule has 0 bridgehead atoms. The topological polar surface area (TPSA) is 123 Å². The Morgan fingerprint density at radius 1 is 0.938 bits per heavy atom. The zero-order valence-electron chi connectivity index (χ0n) is 7.88. The minimum absolute atomic E-state index is 0.0477. The molecular formula is C6H8N2O8. The number of hydrogen-bond donors (Lipinski definition) is 0. The lowest BCUT2D eigenvalue weighted by molar-refractivity contribution is -0.769. The van der Waals surface area contributed by atoms with Crippen molar-refractivity contribution in [1.82, 2.24) is 0 Å². The average molecular weight is 236 g/mol. The molecule has 2 aliphatic rings. The van der Waals surface area contributed by atoms with Crippen molar-refractivity contribution in [3.8, 4) is 0 Å². The van der Waals surface area contributed by atoms with E-state index >= 15 is 0 Å². The molecular weight excluding hydrogens is 228 g/mol. The molecule has 2 fully saturated rings. The van der Waals surface area contributed by atoms with E-state index < -0.39 is 34.6 Å². The molecule has 10 nitrogen and oxygen atoms in total. The fraction of sp³-hybridized carbons (Fsp3) is 1.00. The quantitative estimate of drug-likeness (QED) is 0.446. The van der Waals surface area contributed by atoms with Gasteiger partial charge >= 0.3 is 0 Å². The number of rotatable bonds is 4. The van der Waals surface area contributed by atoms with Crippen LogP contribution in [0.1, 0.15) is 0 Å². The summed E-state index contributed by atoms with van der Waals surface area (Å²) in [4.78, 5) is 28.9. The van der Waals surface area contributed by atoms with Crippen LogP contribution >= 0.6 is 0 Å². The lowest BCUT2D eigenvalue weighted by Gasteiger charge is -2.13. The predicted molar refractivity (Wildman–Crippen MR) is 43.2 cm³/mol. The van der Waals surface area contributed by atoms with Crippen molar-refractivity contribution in [2.24, 2.45) is 0 Å². The Morgan fingerprint density at radius 2 is 1.31 bits per heavy atom. The number of nitrogens with zero attached hydrogens (tertiary/aromatic N) is 2. The summed E-state index contributed by atoms with van der Waals surface area (Å²) < 4.78 is 10.2. The summed E-state index contributed by atoms with van der Waals surface area (Å²) in [5.41, 5.74) is 0. The Morgan fingerprint density at radius 3 is 1.62 bits per heavy atom. The van der Waals surface area contributed by atoms with Crippen molar-refractivity contribution in [3.05, 3.63) is 20.2 Å². The number of ether oxygens (including phenoxy) is 2. The highest BCUT2D eigenvalue weighted by Gasteiger charge is 2.51. The van der Waals surface area contributed by atoms with E-state index in [0.717, 1.165) is 0 Å². The number of hydrogen-bond acceptors (Lipinski definition) is 8. The zero-order chi connectivity index (χ0) is 11.7. The maximum atomic E-state index is 10.1. The van der Waals surface area contributed by atoms with Gasteiger partial charge in [0, 0.05) is 0 Å². The molecule has 2 heterocycles. The van der Waals surface area contributed by atoms with Crippen molar-refractivity contribution < 1.29 is 29.3 Å². The summed E-state index contributed by atoms with van der Waals surface area (Å²) in [7, 11) is 0. The highest BCUT2D eigenvalue weighted by Crippen LogP contribution is 2.30. The second-order valence-electron chi connectivity index (χ2n) is 3.33. The third kappa shape index (κ3) is 1.97. The summed E-state index contributed by atoms with van der Waals surface area (Å²) in [6.07, 6.45) is -3.12. The Bertz CT molecular complexity index is 279. The Hall–Kier alpha value is -1.68.